The Morgan fingerprint density at radius 2 is 1.56 bits per heavy atom. The van der Waals surface area contributed by atoms with Crippen molar-refractivity contribution in [1.29, 1.82) is 0 Å². The van der Waals surface area contributed by atoms with Crippen LogP contribution >= 0.6 is 0 Å². The lowest BCUT2D eigenvalue weighted by Crippen LogP contribution is -2.50. The minimum atomic E-state index is -0.544. The third-order valence-corrected chi connectivity index (χ3v) is 13.0. The third-order valence-electron chi connectivity index (χ3n) is 13.0. The number of hydrogen-bond acceptors (Lipinski definition) is 2. The molecule has 208 valence electrons. The van der Waals surface area contributed by atoms with Crippen molar-refractivity contribution in [3.63, 3.8) is 0 Å². The molecule has 2 N–H and O–H groups in total. The molecule has 0 aliphatic heterocycles. The van der Waals surface area contributed by atoms with Gasteiger partial charge in [0.15, 0.2) is 0 Å². The molecule has 4 aliphatic rings. The van der Waals surface area contributed by atoms with Crippen molar-refractivity contribution >= 4 is 0 Å². The first kappa shape index (κ1) is 28.7. The molecule has 0 saturated heterocycles. The van der Waals surface area contributed by atoms with Crippen LogP contribution in [0.25, 0.3) is 0 Å². The van der Waals surface area contributed by atoms with E-state index in [1.54, 1.807) is 0 Å². The summed E-state index contributed by atoms with van der Waals surface area (Å²) in [4.78, 5) is 0. The molecule has 4 aliphatic carbocycles. The summed E-state index contributed by atoms with van der Waals surface area (Å²) in [7, 11) is 0. The fourth-order valence-electron chi connectivity index (χ4n) is 9.87. The van der Waals surface area contributed by atoms with Gasteiger partial charge in [-0.3, -0.25) is 0 Å². The van der Waals surface area contributed by atoms with E-state index in [4.69, 9.17) is 0 Å². The number of aliphatic hydroxyl groups is 2. The summed E-state index contributed by atoms with van der Waals surface area (Å²) in [6, 6.07) is 0. The number of rotatable bonds is 8. The molecule has 3 saturated carbocycles. The second kappa shape index (κ2) is 10.3. The lowest BCUT2D eigenvalue weighted by molar-refractivity contribution is -0.0609. The Morgan fingerprint density at radius 1 is 0.917 bits per heavy atom. The van der Waals surface area contributed by atoms with Gasteiger partial charge in [0, 0.05) is 0 Å². The first-order valence-electron chi connectivity index (χ1n) is 15.9. The van der Waals surface area contributed by atoms with Crippen LogP contribution in [0.5, 0.6) is 0 Å². The van der Waals surface area contributed by atoms with Crippen LogP contribution in [0.3, 0.4) is 0 Å². The molecule has 0 radical (unpaired) electrons. The largest absolute Gasteiger partial charge is 0.393 e. The molecule has 7 atom stereocenters. The molecule has 0 heterocycles. The Morgan fingerprint density at radius 3 is 2.17 bits per heavy atom. The van der Waals surface area contributed by atoms with E-state index in [2.05, 4.69) is 61.5 Å². The van der Waals surface area contributed by atoms with Crippen molar-refractivity contribution in [1.82, 2.24) is 0 Å². The maximum Gasteiger partial charge on any atom is 0.0679 e. The summed E-state index contributed by atoms with van der Waals surface area (Å²) >= 11 is 0. The van der Waals surface area contributed by atoms with Gasteiger partial charge < -0.3 is 10.2 Å². The van der Waals surface area contributed by atoms with Gasteiger partial charge in [-0.05, 0) is 135 Å². The summed E-state index contributed by atoms with van der Waals surface area (Å²) in [5, 5.41) is 22.6. The molecule has 2 heteroatoms. The van der Waals surface area contributed by atoms with E-state index in [-0.39, 0.29) is 11.5 Å². The molecular formula is C34H60O2. The molecule has 0 bridgehead atoms. The van der Waals surface area contributed by atoms with Crippen molar-refractivity contribution in [3.8, 4) is 0 Å². The summed E-state index contributed by atoms with van der Waals surface area (Å²) in [5.41, 5.74) is 2.04. The number of allylic oxidation sites excluding steroid dienone is 1. The predicted octanol–water partition coefficient (Wildman–Crippen LogP) is 8.95. The molecule has 0 aromatic rings. The fraction of sp³-hybridized carbons (Fsp3) is 0.941. The predicted molar refractivity (Wildman–Crippen MR) is 153 cm³/mol. The van der Waals surface area contributed by atoms with Crippen LogP contribution < -0.4 is 0 Å². The second-order valence-electron chi connectivity index (χ2n) is 15.7. The van der Waals surface area contributed by atoms with Crippen LogP contribution in [0.15, 0.2) is 11.6 Å². The molecule has 0 aromatic heterocycles. The highest BCUT2D eigenvalue weighted by Gasteiger charge is 2.58. The van der Waals surface area contributed by atoms with Gasteiger partial charge in [0.2, 0.25) is 0 Å². The van der Waals surface area contributed by atoms with Gasteiger partial charge in [-0.2, -0.15) is 0 Å². The minimum absolute atomic E-state index is 0.135. The maximum absolute atomic E-state index is 11.4. The quantitative estimate of drug-likeness (QED) is 0.326. The Kier molecular flexibility index (Phi) is 8.22. The Hall–Kier alpha value is -0.340. The summed E-state index contributed by atoms with van der Waals surface area (Å²) in [6.45, 7) is 19.1. The molecule has 36 heavy (non-hydrogen) atoms. The average Bonchev–Trinajstić information content (AvgIpc) is 3.18. The summed E-state index contributed by atoms with van der Waals surface area (Å²) in [6.07, 6.45) is 17.7. The molecule has 0 aromatic carbocycles. The standard InChI is InChI=1S/C34H60O2/c1-9-34(36,10-2)22-25-11-12-26-28(32(25,6)7)17-20-33(8)27(13-14-29(26)33)23(3)30(35)21-24-15-18-31(4,5)19-16-24/h11,23-24,26-30,35-36H,9-10,12-22H2,1-8H3/t23-,26+,27+,28-,29-,30-,33+/m0/s1. The first-order valence-corrected chi connectivity index (χ1v) is 15.9. The van der Waals surface area contributed by atoms with Gasteiger partial charge in [0.1, 0.15) is 0 Å². The number of aliphatic hydroxyl groups excluding tert-OH is 1. The lowest BCUT2D eigenvalue weighted by atomic mass is 9.48. The zero-order valence-corrected chi connectivity index (χ0v) is 25.2. The highest BCUT2D eigenvalue weighted by atomic mass is 16.3. The van der Waals surface area contributed by atoms with Crippen LogP contribution in [0.4, 0.5) is 0 Å². The molecule has 0 spiro atoms. The molecular weight excluding hydrogens is 440 g/mol. The minimum Gasteiger partial charge on any atom is -0.393 e. The van der Waals surface area contributed by atoms with Gasteiger partial charge >= 0.3 is 0 Å². The lowest BCUT2D eigenvalue weighted by Gasteiger charge is -2.57. The highest BCUT2D eigenvalue weighted by Crippen LogP contribution is 2.66. The van der Waals surface area contributed by atoms with Gasteiger partial charge in [0.25, 0.3) is 0 Å². The van der Waals surface area contributed by atoms with Crippen LogP contribution in [0, 0.1) is 51.8 Å². The Bertz CT molecular complexity index is 779. The van der Waals surface area contributed by atoms with Gasteiger partial charge in [-0.25, -0.2) is 0 Å². The van der Waals surface area contributed by atoms with E-state index in [1.807, 2.05) is 0 Å². The van der Waals surface area contributed by atoms with Gasteiger partial charge in [-0.15, -0.1) is 0 Å². The topological polar surface area (TPSA) is 40.5 Å². The number of fused-ring (bicyclic) bond motifs is 3. The van der Waals surface area contributed by atoms with E-state index in [9.17, 15) is 10.2 Å². The van der Waals surface area contributed by atoms with Crippen LogP contribution in [-0.4, -0.2) is 21.9 Å². The SMILES string of the molecule is CCC(O)(CC)CC1=CC[C@@H]2[C@H](CC[C@]3(C)[C@@H]([C@H](C)[C@@H](O)CC4CCC(C)(C)CC4)CC[C@@H]23)C1(C)C. The smallest absolute Gasteiger partial charge is 0.0679 e. The van der Waals surface area contributed by atoms with Crippen LogP contribution in [0.2, 0.25) is 0 Å². The van der Waals surface area contributed by atoms with Crippen molar-refractivity contribution in [2.75, 3.05) is 0 Å². The second-order valence-corrected chi connectivity index (χ2v) is 15.7. The monoisotopic (exact) mass is 500 g/mol. The Labute approximate surface area is 224 Å². The van der Waals surface area contributed by atoms with Crippen LogP contribution in [0.1, 0.15) is 139 Å². The van der Waals surface area contributed by atoms with Crippen molar-refractivity contribution in [2.24, 2.45) is 51.8 Å². The van der Waals surface area contributed by atoms with Crippen molar-refractivity contribution < 1.29 is 10.2 Å². The molecule has 0 unspecified atom stereocenters. The van der Waals surface area contributed by atoms with Crippen molar-refractivity contribution in [2.45, 2.75) is 151 Å². The first-order chi connectivity index (χ1) is 16.8. The van der Waals surface area contributed by atoms with E-state index < -0.39 is 5.60 Å². The van der Waals surface area contributed by atoms with E-state index in [1.165, 1.54) is 63.4 Å². The summed E-state index contributed by atoms with van der Waals surface area (Å²) < 4.78 is 0. The third kappa shape index (κ3) is 5.25. The van der Waals surface area contributed by atoms with E-state index >= 15 is 0 Å². The van der Waals surface area contributed by atoms with Gasteiger partial charge in [-0.1, -0.05) is 67.0 Å². The maximum atomic E-state index is 11.4. The molecule has 4 rings (SSSR count). The van der Waals surface area contributed by atoms with Gasteiger partial charge in [0.05, 0.1) is 11.7 Å². The normalized spacial score (nSPS) is 38.1. The van der Waals surface area contributed by atoms with E-state index in [0.717, 1.165) is 49.4 Å². The van der Waals surface area contributed by atoms with Crippen molar-refractivity contribution in [3.05, 3.63) is 11.6 Å². The fourth-order valence-corrected chi connectivity index (χ4v) is 9.87. The number of hydrogen-bond donors (Lipinski definition) is 2. The highest BCUT2D eigenvalue weighted by molar-refractivity contribution is 5.23. The zero-order chi connectivity index (χ0) is 26.5. The van der Waals surface area contributed by atoms with E-state index in [0.29, 0.717) is 22.7 Å². The molecule has 2 nitrogen and oxygen atoms in total. The molecule has 3 fully saturated rings. The Balaban J connectivity index is 1.44. The zero-order valence-electron chi connectivity index (χ0n) is 25.2. The average molecular weight is 501 g/mol. The van der Waals surface area contributed by atoms with Crippen LogP contribution in [-0.2, 0) is 0 Å². The summed E-state index contributed by atoms with van der Waals surface area (Å²) in [5.74, 6) is 4.10. The molecule has 0 amide bonds.